The minimum absolute atomic E-state index is 0. The summed E-state index contributed by atoms with van der Waals surface area (Å²) in [5.74, 6) is 1.35. The molecule has 0 radical (unpaired) electrons. The third-order valence-corrected chi connectivity index (χ3v) is 6.07. The van der Waals surface area contributed by atoms with Gasteiger partial charge in [0.05, 0.1) is 24.9 Å². The molecule has 1 aliphatic heterocycles. The summed E-state index contributed by atoms with van der Waals surface area (Å²) in [7, 11) is 3.76. The fraction of sp³-hybridized carbons (Fsp3) is 0.391. The zero-order valence-corrected chi connectivity index (χ0v) is 21.1. The number of halogens is 3. The Morgan fingerprint density at radius 2 is 1.88 bits per heavy atom. The Labute approximate surface area is 207 Å². The highest BCUT2D eigenvalue weighted by Crippen LogP contribution is 2.35. The first-order valence-corrected chi connectivity index (χ1v) is 11.4. The quantitative estimate of drug-likeness (QED) is 0.415. The molecule has 4 rings (SSSR count). The maximum Gasteiger partial charge on any atom is 0.163 e. The number of ether oxygens (including phenoxy) is 2. The van der Waals surface area contributed by atoms with Gasteiger partial charge in [-0.05, 0) is 37.7 Å². The van der Waals surface area contributed by atoms with Crippen LogP contribution in [-0.2, 0) is 0 Å². The van der Waals surface area contributed by atoms with Crippen LogP contribution in [0, 0.1) is 5.82 Å². The molecule has 2 aromatic carbocycles. The summed E-state index contributed by atoms with van der Waals surface area (Å²) in [5, 5.41) is 3.77. The molecule has 7 nitrogen and oxygen atoms in total. The Morgan fingerprint density at radius 1 is 1.09 bits per heavy atom. The van der Waals surface area contributed by atoms with E-state index in [9.17, 15) is 4.39 Å². The zero-order chi connectivity index (χ0) is 22.5. The molecule has 0 atom stereocenters. The van der Waals surface area contributed by atoms with Gasteiger partial charge in [-0.15, -0.1) is 12.4 Å². The highest BCUT2D eigenvalue weighted by Gasteiger charge is 2.15. The summed E-state index contributed by atoms with van der Waals surface area (Å²) < 4.78 is 26.5. The summed E-state index contributed by atoms with van der Waals surface area (Å²) in [6.07, 6.45) is 2.38. The van der Waals surface area contributed by atoms with Crippen molar-refractivity contribution in [2.75, 3.05) is 58.8 Å². The monoisotopic (exact) mass is 539 g/mol. The van der Waals surface area contributed by atoms with E-state index in [-0.39, 0.29) is 18.2 Å². The number of nitrogens with zero attached hydrogens (tertiary/aromatic N) is 4. The van der Waals surface area contributed by atoms with Crippen LogP contribution in [0.5, 0.6) is 11.5 Å². The standard InChI is InChI=1S/C23H27BrFN5O2.ClH/c1-29-7-9-30(10-8-29)6-3-11-32-22-14-20-17(13-21(22)31-2)23(27-15-26-20)28-19-5-4-16(24)12-18(19)25;/h4-5,12-15H,3,6-11H2,1-2H3,(H,26,27,28);1H. The molecule has 0 saturated carbocycles. The van der Waals surface area contributed by atoms with Gasteiger partial charge in [0.1, 0.15) is 18.0 Å². The third-order valence-electron chi connectivity index (χ3n) is 5.58. The van der Waals surface area contributed by atoms with Crippen molar-refractivity contribution in [2.45, 2.75) is 6.42 Å². The van der Waals surface area contributed by atoms with Crippen LogP contribution in [0.4, 0.5) is 15.9 Å². The number of nitrogens with one attached hydrogen (secondary N) is 1. The maximum absolute atomic E-state index is 14.3. The molecule has 1 aliphatic rings. The molecule has 0 aliphatic carbocycles. The molecule has 178 valence electrons. The van der Waals surface area contributed by atoms with Crippen LogP contribution in [0.3, 0.4) is 0 Å². The normalized spacial score (nSPS) is 14.7. The number of fused-ring (bicyclic) bond motifs is 1. The van der Waals surface area contributed by atoms with Crippen LogP contribution in [0.25, 0.3) is 10.9 Å². The van der Waals surface area contributed by atoms with E-state index in [2.05, 4.69) is 48.1 Å². The van der Waals surface area contributed by atoms with Crippen LogP contribution in [-0.4, -0.2) is 73.3 Å². The lowest BCUT2D eigenvalue weighted by molar-refractivity contribution is 0.145. The Hall–Kier alpha value is -2.20. The second-order valence-electron chi connectivity index (χ2n) is 7.84. The smallest absolute Gasteiger partial charge is 0.163 e. The first-order valence-electron chi connectivity index (χ1n) is 10.6. The van der Waals surface area contributed by atoms with Gasteiger partial charge >= 0.3 is 0 Å². The molecule has 1 fully saturated rings. The Morgan fingerprint density at radius 3 is 2.61 bits per heavy atom. The van der Waals surface area contributed by atoms with Crippen LogP contribution < -0.4 is 14.8 Å². The molecule has 0 spiro atoms. The van der Waals surface area contributed by atoms with E-state index < -0.39 is 0 Å². The van der Waals surface area contributed by atoms with Crippen molar-refractivity contribution in [3.63, 3.8) is 0 Å². The van der Waals surface area contributed by atoms with Crippen molar-refractivity contribution < 1.29 is 13.9 Å². The Kier molecular flexibility index (Phi) is 9.08. The van der Waals surface area contributed by atoms with Crippen molar-refractivity contribution in [1.29, 1.82) is 0 Å². The summed E-state index contributed by atoms with van der Waals surface area (Å²) in [4.78, 5) is 13.5. The van der Waals surface area contributed by atoms with Gasteiger partial charge < -0.3 is 24.6 Å². The molecule has 33 heavy (non-hydrogen) atoms. The lowest BCUT2D eigenvalue weighted by atomic mass is 10.2. The first kappa shape index (κ1) is 25.4. The molecule has 10 heteroatoms. The molecule has 0 bridgehead atoms. The van der Waals surface area contributed by atoms with E-state index >= 15 is 0 Å². The van der Waals surface area contributed by atoms with Gasteiger partial charge in [0.25, 0.3) is 0 Å². The zero-order valence-electron chi connectivity index (χ0n) is 18.7. The lowest BCUT2D eigenvalue weighted by Crippen LogP contribution is -2.44. The molecule has 3 aromatic rings. The largest absolute Gasteiger partial charge is 0.493 e. The number of hydrogen-bond donors (Lipinski definition) is 1. The molecule has 2 heterocycles. The van der Waals surface area contributed by atoms with Crippen molar-refractivity contribution in [1.82, 2.24) is 19.8 Å². The SMILES string of the molecule is COc1cc2c(Nc3ccc(Br)cc3F)ncnc2cc1OCCCN1CCN(C)CC1.Cl. The number of hydrogen-bond acceptors (Lipinski definition) is 7. The van der Waals surface area contributed by atoms with Gasteiger partial charge in [0.2, 0.25) is 0 Å². The summed E-state index contributed by atoms with van der Waals surface area (Å²) >= 11 is 3.27. The highest BCUT2D eigenvalue weighted by molar-refractivity contribution is 9.10. The average Bonchev–Trinajstić information content (AvgIpc) is 2.79. The van der Waals surface area contributed by atoms with Gasteiger partial charge in [-0.3, -0.25) is 0 Å². The van der Waals surface area contributed by atoms with E-state index in [0.717, 1.165) is 44.5 Å². The van der Waals surface area contributed by atoms with Crippen molar-refractivity contribution in [2.24, 2.45) is 0 Å². The lowest BCUT2D eigenvalue weighted by Gasteiger charge is -2.32. The van der Waals surface area contributed by atoms with Crippen LogP contribution in [0.2, 0.25) is 0 Å². The topological polar surface area (TPSA) is 62.8 Å². The second-order valence-corrected chi connectivity index (χ2v) is 8.75. The molecular weight excluding hydrogens is 513 g/mol. The average molecular weight is 541 g/mol. The predicted molar refractivity (Wildman–Crippen MR) is 135 cm³/mol. The summed E-state index contributed by atoms with van der Waals surface area (Å²) in [6, 6.07) is 8.49. The van der Waals surface area contributed by atoms with E-state index in [1.165, 1.54) is 12.4 Å². The van der Waals surface area contributed by atoms with Gasteiger partial charge in [0, 0.05) is 48.6 Å². The molecule has 1 saturated heterocycles. The molecule has 1 N–H and O–H groups in total. The number of methoxy groups -OCH3 is 1. The maximum atomic E-state index is 14.3. The van der Waals surface area contributed by atoms with Crippen molar-refractivity contribution in [3.05, 3.63) is 46.9 Å². The number of aromatic nitrogens is 2. The summed E-state index contributed by atoms with van der Waals surface area (Å²) in [5.41, 5.74) is 1.02. The van der Waals surface area contributed by atoms with Gasteiger partial charge in [0.15, 0.2) is 11.5 Å². The van der Waals surface area contributed by atoms with Crippen molar-refractivity contribution in [3.8, 4) is 11.5 Å². The third kappa shape index (κ3) is 6.44. The van der Waals surface area contributed by atoms with E-state index in [4.69, 9.17) is 9.47 Å². The fourth-order valence-electron chi connectivity index (χ4n) is 3.70. The molecule has 0 amide bonds. The minimum Gasteiger partial charge on any atom is -0.493 e. The number of rotatable bonds is 8. The van der Waals surface area contributed by atoms with Gasteiger partial charge in [-0.2, -0.15) is 0 Å². The Bertz CT molecular complexity index is 1080. The highest BCUT2D eigenvalue weighted by atomic mass is 79.9. The van der Waals surface area contributed by atoms with Gasteiger partial charge in [-0.1, -0.05) is 15.9 Å². The predicted octanol–water partition coefficient (Wildman–Crippen LogP) is 4.72. The minimum atomic E-state index is -0.376. The number of piperazine rings is 1. The van der Waals surface area contributed by atoms with Crippen LogP contribution >= 0.6 is 28.3 Å². The van der Waals surface area contributed by atoms with E-state index in [1.807, 2.05) is 12.1 Å². The Balaban J connectivity index is 0.00000306. The number of likely N-dealkylation sites (N-methyl/N-ethyl adjacent to an activating group) is 1. The second kappa shape index (κ2) is 11.8. The van der Waals surface area contributed by atoms with E-state index in [1.54, 1.807) is 19.2 Å². The first-order chi connectivity index (χ1) is 15.5. The molecule has 1 aromatic heterocycles. The van der Waals surface area contributed by atoms with Crippen molar-refractivity contribution >= 4 is 50.7 Å². The van der Waals surface area contributed by atoms with E-state index in [0.29, 0.717) is 39.6 Å². The fourth-order valence-corrected chi connectivity index (χ4v) is 4.03. The van der Waals surface area contributed by atoms with Crippen LogP contribution in [0.15, 0.2) is 41.1 Å². The van der Waals surface area contributed by atoms with Crippen LogP contribution in [0.1, 0.15) is 6.42 Å². The summed E-state index contributed by atoms with van der Waals surface area (Å²) in [6.45, 7) is 6.02. The molecule has 0 unspecified atom stereocenters. The van der Waals surface area contributed by atoms with Gasteiger partial charge in [-0.25, -0.2) is 14.4 Å². The molecular formula is C23H28BrClFN5O2. The number of anilines is 2. The number of benzene rings is 2.